The van der Waals surface area contributed by atoms with E-state index in [1.54, 1.807) is 14.0 Å². The Balaban J connectivity index is 1.99. The molecule has 21 heavy (non-hydrogen) atoms. The molecule has 1 N–H and O–H groups in total. The van der Waals surface area contributed by atoms with E-state index in [0.717, 1.165) is 29.8 Å². The average Bonchev–Trinajstić information content (AvgIpc) is 2.81. The van der Waals surface area contributed by atoms with Gasteiger partial charge in [0.25, 0.3) is 0 Å². The molecule has 0 bridgehead atoms. The van der Waals surface area contributed by atoms with Crippen molar-refractivity contribution in [2.75, 3.05) is 31.7 Å². The predicted octanol–water partition coefficient (Wildman–Crippen LogP) is 1.40. The highest BCUT2D eigenvalue weighted by Crippen LogP contribution is 2.28. The standard InChI is InChI=1S/C16H22N2O3/c1-11(10-21-3)17-16(20)9-18-7-6-14-8-13(12(2)19)4-5-15(14)18/h4-5,8,11H,6-7,9-10H2,1-3H3,(H,17,20). The van der Waals surface area contributed by atoms with Crippen LogP contribution in [0.5, 0.6) is 0 Å². The molecule has 0 aromatic heterocycles. The van der Waals surface area contributed by atoms with Gasteiger partial charge in [-0.1, -0.05) is 0 Å². The third-order valence-electron chi connectivity index (χ3n) is 3.64. The number of ketones is 1. The summed E-state index contributed by atoms with van der Waals surface area (Å²) >= 11 is 0. The minimum absolute atomic E-state index is 0.00432. The number of rotatable bonds is 6. The highest BCUT2D eigenvalue weighted by Gasteiger charge is 2.22. The highest BCUT2D eigenvalue weighted by atomic mass is 16.5. The van der Waals surface area contributed by atoms with Crippen molar-refractivity contribution in [2.24, 2.45) is 0 Å². The summed E-state index contributed by atoms with van der Waals surface area (Å²) in [6.45, 7) is 5.13. The number of ether oxygens (including phenoxy) is 1. The molecule has 0 saturated heterocycles. The molecule has 114 valence electrons. The molecule has 1 aromatic rings. The number of methoxy groups -OCH3 is 1. The van der Waals surface area contributed by atoms with E-state index in [9.17, 15) is 9.59 Å². The zero-order valence-corrected chi connectivity index (χ0v) is 12.8. The SMILES string of the molecule is COCC(C)NC(=O)CN1CCc2cc(C(C)=O)ccc21. The van der Waals surface area contributed by atoms with E-state index in [1.807, 2.05) is 30.0 Å². The first kappa shape index (κ1) is 15.5. The molecular weight excluding hydrogens is 268 g/mol. The molecule has 2 rings (SSSR count). The van der Waals surface area contributed by atoms with Crippen LogP contribution in [0.15, 0.2) is 18.2 Å². The Morgan fingerprint density at radius 2 is 2.19 bits per heavy atom. The molecule has 1 aliphatic heterocycles. The van der Waals surface area contributed by atoms with Gasteiger partial charge in [0.15, 0.2) is 5.78 Å². The van der Waals surface area contributed by atoms with Gasteiger partial charge in [0.2, 0.25) is 5.91 Å². The van der Waals surface area contributed by atoms with Gasteiger partial charge in [0, 0.05) is 30.9 Å². The van der Waals surface area contributed by atoms with E-state index in [0.29, 0.717) is 13.2 Å². The molecule has 1 amide bonds. The van der Waals surface area contributed by atoms with Crippen molar-refractivity contribution in [1.29, 1.82) is 0 Å². The van der Waals surface area contributed by atoms with Gasteiger partial charge in [-0.15, -0.1) is 0 Å². The van der Waals surface area contributed by atoms with Crippen molar-refractivity contribution in [3.8, 4) is 0 Å². The van der Waals surface area contributed by atoms with Gasteiger partial charge in [-0.2, -0.15) is 0 Å². The lowest BCUT2D eigenvalue weighted by Crippen LogP contribution is -2.42. The van der Waals surface area contributed by atoms with E-state index >= 15 is 0 Å². The summed E-state index contributed by atoms with van der Waals surface area (Å²) in [4.78, 5) is 25.5. The summed E-state index contributed by atoms with van der Waals surface area (Å²) in [6.07, 6.45) is 0.872. The molecule has 0 spiro atoms. The summed E-state index contributed by atoms with van der Waals surface area (Å²) in [7, 11) is 1.62. The Morgan fingerprint density at radius 3 is 2.86 bits per heavy atom. The zero-order valence-electron chi connectivity index (χ0n) is 12.8. The van der Waals surface area contributed by atoms with Crippen LogP contribution in [-0.2, 0) is 16.0 Å². The van der Waals surface area contributed by atoms with Crippen molar-refractivity contribution < 1.29 is 14.3 Å². The van der Waals surface area contributed by atoms with Gasteiger partial charge in [-0.3, -0.25) is 9.59 Å². The lowest BCUT2D eigenvalue weighted by Gasteiger charge is -2.20. The predicted molar refractivity (Wildman–Crippen MR) is 81.8 cm³/mol. The first-order valence-electron chi connectivity index (χ1n) is 7.18. The van der Waals surface area contributed by atoms with Gasteiger partial charge >= 0.3 is 0 Å². The maximum Gasteiger partial charge on any atom is 0.239 e. The Labute approximate surface area is 125 Å². The minimum Gasteiger partial charge on any atom is -0.383 e. The van der Waals surface area contributed by atoms with E-state index in [4.69, 9.17) is 4.74 Å². The van der Waals surface area contributed by atoms with Crippen molar-refractivity contribution >= 4 is 17.4 Å². The zero-order chi connectivity index (χ0) is 15.4. The fraction of sp³-hybridized carbons (Fsp3) is 0.500. The lowest BCUT2D eigenvalue weighted by atomic mass is 10.1. The summed E-state index contributed by atoms with van der Waals surface area (Å²) < 4.78 is 5.01. The fourth-order valence-corrected chi connectivity index (χ4v) is 2.64. The van der Waals surface area contributed by atoms with Crippen LogP contribution in [0.1, 0.15) is 29.8 Å². The van der Waals surface area contributed by atoms with E-state index in [2.05, 4.69) is 5.32 Å². The van der Waals surface area contributed by atoms with Gasteiger partial charge in [-0.05, 0) is 44.0 Å². The molecule has 1 unspecified atom stereocenters. The van der Waals surface area contributed by atoms with E-state index in [-0.39, 0.29) is 17.7 Å². The normalized spacial score (nSPS) is 14.7. The van der Waals surface area contributed by atoms with Crippen LogP contribution in [0.25, 0.3) is 0 Å². The maximum absolute atomic E-state index is 12.0. The van der Waals surface area contributed by atoms with Gasteiger partial charge in [0.1, 0.15) is 0 Å². The number of hydrogen-bond donors (Lipinski definition) is 1. The van der Waals surface area contributed by atoms with E-state index in [1.165, 1.54) is 0 Å². The summed E-state index contributed by atoms with van der Waals surface area (Å²) in [5, 5.41) is 2.91. The molecule has 0 saturated carbocycles. The first-order valence-corrected chi connectivity index (χ1v) is 7.18. The Kier molecular flexibility index (Phi) is 4.96. The molecule has 0 radical (unpaired) electrons. The fourth-order valence-electron chi connectivity index (χ4n) is 2.64. The first-order chi connectivity index (χ1) is 10.0. The second-order valence-corrected chi connectivity index (χ2v) is 5.50. The highest BCUT2D eigenvalue weighted by molar-refractivity contribution is 5.95. The molecule has 0 aliphatic carbocycles. The number of benzene rings is 1. The van der Waals surface area contributed by atoms with Crippen LogP contribution in [0, 0.1) is 0 Å². The number of nitrogens with one attached hydrogen (secondary N) is 1. The van der Waals surface area contributed by atoms with Crippen LogP contribution in [0.4, 0.5) is 5.69 Å². The third kappa shape index (κ3) is 3.82. The van der Waals surface area contributed by atoms with Crippen molar-refractivity contribution in [1.82, 2.24) is 5.32 Å². The van der Waals surface area contributed by atoms with Crippen LogP contribution in [0.3, 0.4) is 0 Å². The number of hydrogen-bond acceptors (Lipinski definition) is 4. The molecular formula is C16H22N2O3. The van der Waals surface area contributed by atoms with Crippen LogP contribution in [-0.4, -0.2) is 44.5 Å². The molecule has 1 aromatic carbocycles. The molecule has 1 atom stereocenters. The molecule has 1 aliphatic rings. The Morgan fingerprint density at radius 1 is 1.43 bits per heavy atom. The van der Waals surface area contributed by atoms with Gasteiger partial charge < -0.3 is 15.0 Å². The third-order valence-corrected chi connectivity index (χ3v) is 3.64. The van der Waals surface area contributed by atoms with Gasteiger partial charge in [-0.25, -0.2) is 0 Å². The maximum atomic E-state index is 12.0. The number of Topliss-reactive ketones (excluding diaryl/α,β-unsaturated/α-hetero) is 1. The summed E-state index contributed by atoms with van der Waals surface area (Å²) in [6, 6.07) is 5.70. The number of fused-ring (bicyclic) bond motifs is 1. The van der Waals surface area contributed by atoms with Crippen LogP contribution < -0.4 is 10.2 Å². The van der Waals surface area contributed by atoms with Crippen molar-refractivity contribution in [3.05, 3.63) is 29.3 Å². The number of carbonyl (C=O) groups excluding carboxylic acids is 2. The molecule has 0 fully saturated rings. The van der Waals surface area contributed by atoms with Crippen molar-refractivity contribution in [2.45, 2.75) is 26.3 Å². The number of anilines is 1. The van der Waals surface area contributed by atoms with E-state index < -0.39 is 0 Å². The van der Waals surface area contributed by atoms with Crippen molar-refractivity contribution in [3.63, 3.8) is 0 Å². The van der Waals surface area contributed by atoms with Crippen LogP contribution in [0.2, 0.25) is 0 Å². The quantitative estimate of drug-likeness (QED) is 0.805. The average molecular weight is 290 g/mol. The summed E-state index contributed by atoms with van der Waals surface area (Å²) in [5.74, 6) is 0.0606. The number of carbonyl (C=O) groups is 2. The largest absolute Gasteiger partial charge is 0.383 e. The smallest absolute Gasteiger partial charge is 0.239 e. The Hall–Kier alpha value is -1.88. The minimum atomic E-state index is -0.0111. The number of nitrogens with zero attached hydrogens (tertiary/aromatic N) is 1. The van der Waals surface area contributed by atoms with Crippen LogP contribution >= 0.6 is 0 Å². The molecule has 5 nitrogen and oxygen atoms in total. The molecule has 1 heterocycles. The number of amides is 1. The lowest BCUT2D eigenvalue weighted by molar-refractivity contribution is -0.120. The monoisotopic (exact) mass is 290 g/mol. The second kappa shape index (κ2) is 6.72. The topological polar surface area (TPSA) is 58.6 Å². The summed E-state index contributed by atoms with van der Waals surface area (Å²) in [5.41, 5.74) is 2.92. The Bertz CT molecular complexity index is 542. The molecule has 5 heteroatoms. The van der Waals surface area contributed by atoms with Gasteiger partial charge in [0.05, 0.1) is 13.2 Å². The second-order valence-electron chi connectivity index (χ2n) is 5.50.